The molecule has 0 radical (unpaired) electrons. The van der Waals surface area contributed by atoms with Gasteiger partial charge in [-0.2, -0.15) is 0 Å². The molecular weight excluding hydrogens is 388 g/mol. The summed E-state index contributed by atoms with van der Waals surface area (Å²) in [4.78, 5) is 25.7. The minimum Gasteiger partial charge on any atom is -0.444 e. The second-order valence-corrected chi connectivity index (χ2v) is 8.39. The molecule has 3 aromatic rings. The van der Waals surface area contributed by atoms with E-state index in [2.05, 4.69) is 10.6 Å². The zero-order chi connectivity index (χ0) is 22.4. The highest BCUT2D eigenvalue weighted by molar-refractivity contribution is 6.03. The van der Waals surface area contributed by atoms with Crippen LogP contribution in [0, 0.1) is 6.92 Å². The average molecular weight is 417 g/mol. The average Bonchev–Trinajstić information content (AvgIpc) is 2.73. The first kappa shape index (κ1) is 22.1. The molecule has 0 aliphatic rings. The van der Waals surface area contributed by atoms with Crippen LogP contribution in [0.5, 0.6) is 0 Å². The summed E-state index contributed by atoms with van der Waals surface area (Å²) in [5, 5.41) is 6.11. The molecule has 5 nitrogen and oxygen atoms in total. The quantitative estimate of drug-likeness (QED) is 0.458. The van der Waals surface area contributed by atoms with Crippen LogP contribution in [0.1, 0.15) is 48.3 Å². The minimum atomic E-state index is -0.621. The summed E-state index contributed by atoms with van der Waals surface area (Å²) >= 11 is 0. The predicted molar refractivity (Wildman–Crippen MR) is 125 cm³/mol. The van der Waals surface area contributed by atoms with E-state index in [0.29, 0.717) is 16.9 Å². The summed E-state index contributed by atoms with van der Waals surface area (Å²) in [6.07, 6.45) is -0.553. The highest BCUT2D eigenvalue weighted by atomic mass is 16.6. The molecule has 1 atom stereocenters. The summed E-state index contributed by atoms with van der Waals surface area (Å²) in [6, 6.07) is 23.7. The van der Waals surface area contributed by atoms with Crippen molar-refractivity contribution in [3.63, 3.8) is 0 Å². The number of aryl methyl sites for hydroxylation is 1. The Bertz CT molecular complexity index is 1040. The molecule has 160 valence electrons. The van der Waals surface area contributed by atoms with Crippen LogP contribution in [-0.4, -0.2) is 17.5 Å². The Balaban J connectivity index is 1.92. The molecule has 0 heterocycles. The van der Waals surface area contributed by atoms with E-state index in [0.717, 1.165) is 11.1 Å². The van der Waals surface area contributed by atoms with Crippen molar-refractivity contribution in [3.05, 3.63) is 95.6 Å². The van der Waals surface area contributed by atoms with Gasteiger partial charge < -0.3 is 10.1 Å². The van der Waals surface area contributed by atoms with Crippen LogP contribution in [-0.2, 0) is 4.74 Å². The molecule has 1 unspecified atom stereocenters. The number of Topliss-reactive ketones (excluding diaryl/α,β-unsaturated/α-hetero) is 1. The zero-order valence-corrected chi connectivity index (χ0v) is 18.3. The number of ketones is 1. The van der Waals surface area contributed by atoms with Crippen molar-refractivity contribution in [2.24, 2.45) is 0 Å². The van der Waals surface area contributed by atoms with Crippen molar-refractivity contribution in [3.8, 4) is 0 Å². The Morgan fingerprint density at radius 3 is 2.00 bits per heavy atom. The number of hydrogen-bond acceptors (Lipinski definition) is 4. The summed E-state index contributed by atoms with van der Waals surface area (Å²) in [7, 11) is 0. The molecule has 3 aromatic carbocycles. The van der Waals surface area contributed by atoms with Crippen molar-refractivity contribution in [1.29, 1.82) is 0 Å². The van der Waals surface area contributed by atoms with Gasteiger partial charge in [-0.1, -0.05) is 72.3 Å². The molecule has 2 N–H and O–H groups in total. The number of rotatable bonds is 6. The molecular formula is C26H28N2O3. The van der Waals surface area contributed by atoms with E-state index in [1.807, 2.05) is 88.4 Å². The summed E-state index contributed by atoms with van der Waals surface area (Å²) in [6.45, 7) is 7.43. The molecule has 0 saturated carbocycles. The monoisotopic (exact) mass is 416 g/mol. The molecule has 0 fully saturated rings. The van der Waals surface area contributed by atoms with Crippen LogP contribution in [0.15, 0.2) is 78.9 Å². The molecule has 0 spiro atoms. The number of para-hydroxylation sites is 2. The Morgan fingerprint density at radius 1 is 0.806 bits per heavy atom. The zero-order valence-electron chi connectivity index (χ0n) is 18.3. The third-order valence-electron chi connectivity index (χ3n) is 4.59. The van der Waals surface area contributed by atoms with Gasteiger partial charge in [0.15, 0.2) is 5.78 Å². The second-order valence-electron chi connectivity index (χ2n) is 8.39. The van der Waals surface area contributed by atoms with Crippen LogP contribution in [0.25, 0.3) is 0 Å². The number of hydrogen-bond donors (Lipinski definition) is 2. The number of nitrogens with one attached hydrogen (secondary N) is 2. The van der Waals surface area contributed by atoms with Crippen LogP contribution in [0.3, 0.4) is 0 Å². The molecule has 0 bridgehead atoms. The highest BCUT2D eigenvalue weighted by Gasteiger charge is 2.24. The topological polar surface area (TPSA) is 67.4 Å². The molecule has 0 saturated heterocycles. The van der Waals surface area contributed by atoms with Gasteiger partial charge in [0.25, 0.3) is 0 Å². The van der Waals surface area contributed by atoms with Gasteiger partial charge >= 0.3 is 6.09 Å². The van der Waals surface area contributed by atoms with Crippen molar-refractivity contribution < 1.29 is 14.3 Å². The highest BCUT2D eigenvalue weighted by Crippen LogP contribution is 2.29. The Kier molecular flexibility index (Phi) is 6.75. The molecule has 0 aliphatic carbocycles. The number of carbonyl (C=O) groups is 2. The number of ether oxygens (including phenoxy) is 1. The van der Waals surface area contributed by atoms with Crippen molar-refractivity contribution in [1.82, 2.24) is 0 Å². The van der Waals surface area contributed by atoms with E-state index in [1.165, 1.54) is 0 Å². The van der Waals surface area contributed by atoms with Crippen molar-refractivity contribution in [2.45, 2.75) is 39.3 Å². The lowest BCUT2D eigenvalue weighted by Crippen LogP contribution is -2.28. The van der Waals surface area contributed by atoms with Crippen LogP contribution >= 0.6 is 0 Å². The predicted octanol–water partition coefficient (Wildman–Crippen LogP) is 6.38. The summed E-state index contributed by atoms with van der Waals surface area (Å²) in [5.74, 6) is -0.0588. The van der Waals surface area contributed by atoms with Gasteiger partial charge in [0.05, 0.1) is 11.4 Å². The number of carbonyl (C=O) groups excluding carboxylic acids is 2. The number of amides is 1. The van der Waals surface area contributed by atoms with Gasteiger partial charge in [-0.15, -0.1) is 0 Å². The van der Waals surface area contributed by atoms with E-state index >= 15 is 0 Å². The first-order valence-electron chi connectivity index (χ1n) is 10.2. The van der Waals surface area contributed by atoms with Crippen molar-refractivity contribution >= 4 is 23.3 Å². The van der Waals surface area contributed by atoms with Gasteiger partial charge in [0.2, 0.25) is 0 Å². The maximum absolute atomic E-state index is 13.4. The fourth-order valence-electron chi connectivity index (χ4n) is 3.12. The van der Waals surface area contributed by atoms with Crippen LogP contribution < -0.4 is 10.6 Å². The molecule has 3 rings (SSSR count). The lowest BCUT2D eigenvalue weighted by atomic mass is 9.96. The normalized spacial score (nSPS) is 12.0. The van der Waals surface area contributed by atoms with Gasteiger partial charge in [-0.25, -0.2) is 4.79 Å². The maximum Gasteiger partial charge on any atom is 0.412 e. The van der Waals surface area contributed by atoms with Gasteiger partial charge in [-0.3, -0.25) is 10.1 Å². The third kappa shape index (κ3) is 6.19. The summed E-state index contributed by atoms with van der Waals surface area (Å²) in [5.41, 5.74) is 3.12. The van der Waals surface area contributed by atoms with Gasteiger partial charge in [0.1, 0.15) is 11.6 Å². The van der Waals surface area contributed by atoms with Gasteiger partial charge in [-0.05, 0) is 45.4 Å². The number of benzene rings is 3. The van der Waals surface area contributed by atoms with E-state index in [9.17, 15) is 9.59 Å². The lowest BCUT2D eigenvalue weighted by molar-refractivity contribution is 0.0636. The third-order valence-corrected chi connectivity index (χ3v) is 4.59. The Morgan fingerprint density at radius 2 is 1.39 bits per heavy atom. The van der Waals surface area contributed by atoms with Crippen molar-refractivity contribution in [2.75, 3.05) is 10.6 Å². The lowest BCUT2D eigenvalue weighted by Gasteiger charge is -2.23. The van der Waals surface area contributed by atoms with Crippen LogP contribution in [0.2, 0.25) is 0 Å². The van der Waals surface area contributed by atoms with E-state index in [-0.39, 0.29) is 5.78 Å². The molecule has 31 heavy (non-hydrogen) atoms. The molecule has 0 aromatic heterocycles. The smallest absolute Gasteiger partial charge is 0.412 e. The fourth-order valence-corrected chi connectivity index (χ4v) is 3.12. The molecule has 0 aliphatic heterocycles. The fraction of sp³-hybridized carbons (Fsp3) is 0.231. The largest absolute Gasteiger partial charge is 0.444 e. The maximum atomic E-state index is 13.4. The molecule has 1 amide bonds. The number of anilines is 2. The van der Waals surface area contributed by atoms with E-state index in [4.69, 9.17) is 4.74 Å². The first-order chi connectivity index (χ1) is 14.7. The summed E-state index contributed by atoms with van der Waals surface area (Å²) < 4.78 is 5.37. The van der Waals surface area contributed by atoms with Gasteiger partial charge in [0, 0.05) is 5.56 Å². The van der Waals surface area contributed by atoms with Crippen LogP contribution in [0.4, 0.5) is 16.2 Å². The first-order valence-corrected chi connectivity index (χ1v) is 10.2. The second kappa shape index (κ2) is 9.47. The minimum absolute atomic E-state index is 0.0588. The molecule has 5 heteroatoms. The Hall–Kier alpha value is -3.60. The van der Waals surface area contributed by atoms with E-state index < -0.39 is 17.7 Å². The standard InChI is InChI=1S/C26H28N2O3/c1-18-14-16-19(17-15-18)23(24(29)20-10-6-5-7-11-20)27-21-12-8-9-13-22(21)28-25(30)31-26(2,3)4/h5-17,23,27H,1-4H3,(H,28,30). The van der Waals surface area contributed by atoms with E-state index in [1.54, 1.807) is 18.2 Å². The Labute approximate surface area is 183 Å². The SMILES string of the molecule is Cc1ccc(C(Nc2ccccc2NC(=O)OC(C)(C)C)C(=O)c2ccccc2)cc1.